The van der Waals surface area contributed by atoms with Gasteiger partial charge in [0.15, 0.2) is 0 Å². The highest BCUT2D eigenvalue weighted by Crippen LogP contribution is 2.32. The summed E-state index contributed by atoms with van der Waals surface area (Å²) >= 11 is 0. The van der Waals surface area contributed by atoms with Gasteiger partial charge in [0.2, 0.25) is 0 Å². The van der Waals surface area contributed by atoms with Crippen molar-refractivity contribution in [3.63, 3.8) is 0 Å². The number of phenolic OH excluding ortho intramolecular Hbond substituents is 2. The predicted molar refractivity (Wildman–Crippen MR) is 88.2 cm³/mol. The molecule has 3 aromatic carbocycles. The molecule has 0 saturated carbocycles. The molecule has 5 heteroatoms. The number of ether oxygens (including phenoxy) is 1. The number of nitrogens with one attached hydrogen (secondary N) is 1. The minimum absolute atomic E-state index is 0.0622. The highest BCUT2D eigenvalue weighted by molar-refractivity contribution is 6.12. The van der Waals surface area contributed by atoms with E-state index in [1.54, 1.807) is 48.5 Å². The summed E-state index contributed by atoms with van der Waals surface area (Å²) < 4.78 is 5.13. The maximum Gasteiger partial charge on any atom is 0.263 e. The van der Waals surface area contributed by atoms with Crippen molar-refractivity contribution in [2.75, 3.05) is 12.4 Å². The van der Waals surface area contributed by atoms with Crippen LogP contribution in [0.15, 0.2) is 54.6 Å². The second kappa shape index (κ2) is 5.88. The third kappa shape index (κ3) is 2.64. The summed E-state index contributed by atoms with van der Waals surface area (Å²) in [6.07, 6.45) is 0. The van der Waals surface area contributed by atoms with Gasteiger partial charge in [0, 0.05) is 16.5 Å². The molecule has 0 aliphatic heterocycles. The third-order valence-electron chi connectivity index (χ3n) is 3.60. The molecule has 0 spiro atoms. The summed E-state index contributed by atoms with van der Waals surface area (Å²) in [7, 11) is 1.43. The molecule has 1 amide bonds. The number of phenols is 2. The zero-order valence-electron chi connectivity index (χ0n) is 12.4. The van der Waals surface area contributed by atoms with Gasteiger partial charge in [-0.3, -0.25) is 4.79 Å². The van der Waals surface area contributed by atoms with E-state index in [1.807, 2.05) is 0 Å². The molecule has 0 radical (unpaired) electrons. The lowest BCUT2D eigenvalue weighted by atomic mass is 10.1. The van der Waals surface area contributed by atoms with Crippen LogP contribution in [0.25, 0.3) is 10.8 Å². The molecule has 3 aromatic rings. The second-order valence-corrected chi connectivity index (χ2v) is 4.99. The molecular weight excluding hydrogens is 294 g/mol. The van der Waals surface area contributed by atoms with Crippen molar-refractivity contribution in [3.05, 3.63) is 60.2 Å². The Balaban J connectivity index is 2.04. The van der Waals surface area contributed by atoms with Crippen LogP contribution in [0.2, 0.25) is 0 Å². The van der Waals surface area contributed by atoms with Crippen LogP contribution in [0, 0.1) is 0 Å². The Morgan fingerprint density at radius 1 is 0.913 bits per heavy atom. The number of rotatable bonds is 3. The summed E-state index contributed by atoms with van der Waals surface area (Å²) in [6.45, 7) is 0. The van der Waals surface area contributed by atoms with Gasteiger partial charge in [-0.1, -0.05) is 30.3 Å². The van der Waals surface area contributed by atoms with Crippen molar-refractivity contribution in [2.24, 2.45) is 0 Å². The molecule has 0 fully saturated rings. The van der Waals surface area contributed by atoms with Crippen LogP contribution in [-0.4, -0.2) is 23.2 Å². The van der Waals surface area contributed by atoms with Gasteiger partial charge in [-0.05, 0) is 24.3 Å². The lowest BCUT2D eigenvalue weighted by Gasteiger charge is -2.12. The SMILES string of the molecule is COc1cccc(O)c1C(=O)Nc1cccc2c(O)cccc12. The molecule has 3 N–H and O–H groups in total. The number of aromatic hydroxyl groups is 2. The maximum absolute atomic E-state index is 12.5. The van der Waals surface area contributed by atoms with Crippen molar-refractivity contribution in [1.29, 1.82) is 0 Å². The van der Waals surface area contributed by atoms with Crippen LogP contribution < -0.4 is 10.1 Å². The van der Waals surface area contributed by atoms with Crippen LogP contribution in [0.1, 0.15) is 10.4 Å². The first-order valence-electron chi connectivity index (χ1n) is 7.00. The van der Waals surface area contributed by atoms with Gasteiger partial charge in [0.05, 0.1) is 7.11 Å². The fourth-order valence-corrected chi connectivity index (χ4v) is 2.51. The van der Waals surface area contributed by atoms with Crippen LogP contribution >= 0.6 is 0 Å². The van der Waals surface area contributed by atoms with Gasteiger partial charge >= 0.3 is 0 Å². The molecule has 23 heavy (non-hydrogen) atoms. The highest BCUT2D eigenvalue weighted by Gasteiger charge is 2.18. The zero-order chi connectivity index (χ0) is 16.4. The van der Waals surface area contributed by atoms with Gasteiger partial charge in [-0.2, -0.15) is 0 Å². The number of carbonyl (C=O) groups is 1. The Kier molecular flexibility index (Phi) is 3.76. The molecule has 0 unspecified atom stereocenters. The number of amides is 1. The topological polar surface area (TPSA) is 78.8 Å². The van der Waals surface area contributed by atoms with Gasteiger partial charge in [-0.15, -0.1) is 0 Å². The van der Waals surface area contributed by atoms with Crippen LogP contribution in [0.5, 0.6) is 17.2 Å². The monoisotopic (exact) mass is 309 g/mol. The number of hydrogen-bond donors (Lipinski definition) is 3. The van der Waals surface area contributed by atoms with E-state index in [0.29, 0.717) is 16.5 Å². The lowest BCUT2D eigenvalue weighted by molar-refractivity contribution is 0.102. The minimum Gasteiger partial charge on any atom is -0.507 e. The van der Waals surface area contributed by atoms with Crippen LogP contribution in [-0.2, 0) is 0 Å². The van der Waals surface area contributed by atoms with E-state index in [9.17, 15) is 15.0 Å². The summed E-state index contributed by atoms with van der Waals surface area (Å²) in [5.41, 5.74) is 0.598. The van der Waals surface area contributed by atoms with Gasteiger partial charge in [0.25, 0.3) is 5.91 Å². The Hall–Kier alpha value is -3.21. The predicted octanol–water partition coefficient (Wildman–Crippen LogP) is 3.51. The molecule has 0 heterocycles. The van der Waals surface area contributed by atoms with E-state index in [0.717, 1.165) is 0 Å². The summed E-state index contributed by atoms with van der Waals surface area (Å²) in [5.74, 6) is -0.231. The minimum atomic E-state index is -0.490. The van der Waals surface area contributed by atoms with Crippen molar-refractivity contribution in [2.45, 2.75) is 0 Å². The zero-order valence-corrected chi connectivity index (χ0v) is 12.4. The molecule has 0 saturated heterocycles. The number of carbonyl (C=O) groups excluding carboxylic acids is 1. The van der Waals surface area contributed by atoms with Gasteiger partial charge < -0.3 is 20.3 Å². The maximum atomic E-state index is 12.5. The normalized spacial score (nSPS) is 10.5. The van der Waals surface area contributed by atoms with E-state index in [2.05, 4.69) is 5.32 Å². The molecule has 116 valence electrons. The molecule has 3 rings (SSSR count). The molecule has 0 aliphatic carbocycles. The fraction of sp³-hybridized carbons (Fsp3) is 0.0556. The first-order valence-corrected chi connectivity index (χ1v) is 7.00. The van der Waals surface area contributed by atoms with Crippen molar-refractivity contribution in [1.82, 2.24) is 0 Å². The van der Waals surface area contributed by atoms with E-state index in [1.165, 1.54) is 13.2 Å². The van der Waals surface area contributed by atoms with E-state index < -0.39 is 5.91 Å². The summed E-state index contributed by atoms with van der Waals surface area (Å²) in [4.78, 5) is 12.5. The Morgan fingerprint density at radius 2 is 1.57 bits per heavy atom. The first kappa shape index (κ1) is 14.7. The third-order valence-corrected chi connectivity index (χ3v) is 3.60. The highest BCUT2D eigenvalue weighted by atomic mass is 16.5. The first-order chi connectivity index (χ1) is 11.1. The summed E-state index contributed by atoms with van der Waals surface area (Å²) in [6, 6.07) is 14.9. The Morgan fingerprint density at radius 3 is 2.35 bits per heavy atom. The molecule has 0 aliphatic rings. The number of methoxy groups -OCH3 is 1. The number of anilines is 1. The number of benzene rings is 3. The smallest absolute Gasteiger partial charge is 0.263 e. The number of hydrogen-bond acceptors (Lipinski definition) is 4. The van der Waals surface area contributed by atoms with Crippen LogP contribution in [0.3, 0.4) is 0 Å². The second-order valence-electron chi connectivity index (χ2n) is 4.99. The molecule has 5 nitrogen and oxygen atoms in total. The van der Waals surface area contributed by atoms with E-state index >= 15 is 0 Å². The van der Waals surface area contributed by atoms with Crippen LogP contribution in [0.4, 0.5) is 5.69 Å². The molecule has 0 aromatic heterocycles. The molecule has 0 bridgehead atoms. The quantitative estimate of drug-likeness (QED) is 0.692. The van der Waals surface area contributed by atoms with Gasteiger partial charge in [0.1, 0.15) is 22.8 Å². The Labute approximate surface area is 132 Å². The molecular formula is C18H15NO4. The van der Waals surface area contributed by atoms with E-state index in [4.69, 9.17) is 4.74 Å². The average Bonchev–Trinajstić information content (AvgIpc) is 2.55. The molecule has 0 atom stereocenters. The fourth-order valence-electron chi connectivity index (χ4n) is 2.51. The Bertz CT molecular complexity index is 889. The number of fused-ring (bicyclic) bond motifs is 1. The van der Waals surface area contributed by atoms with Crippen molar-refractivity contribution >= 4 is 22.4 Å². The average molecular weight is 309 g/mol. The largest absolute Gasteiger partial charge is 0.507 e. The van der Waals surface area contributed by atoms with E-state index in [-0.39, 0.29) is 22.8 Å². The van der Waals surface area contributed by atoms with Gasteiger partial charge in [-0.25, -0.2) is 0 Å². The summed E-state index contributed by atoms with van der Waals surface area (Å²) in [5, 5.41) is 23.9. The lowest BCUT2D eigenvalue weighted by Crippen LogP contribution is -2.13. The van der Waals surface area contributed by atoms with Crippen molar-refractivity contribution < 1.29 is 19.7 Å². The standard InChI is InChI=1S/C18H15NO4/c1-23-16-10-4-9-15(21)17(16)18(22)19-13-7-2-6-12-11(13)5-3-8-14(12)20/h2-10,20-21H,1H3,(H,19,22). The van der Waals surface area contributed by atoms with Crippen molar-refractivity contribution in [3.8, 4) is 17.2 Å².